The van der Waals surface area contributed by atoms with Crippen LogP contribution >= 0.6 is 0 Å². The predicted molar refractivity (Wildman–Crippen MR) is 22.0 cm³/mol. The zero-order chi connectivity index (χ0) is 6.62. The number of alkyl halides is 2. The molecule has 0 bridgehead atoms. The molecule has 0 aromatic carbocycles. The zero-order valence-corrected chi connectivity index (χ0v) is 4.28. The van der Waals surface area contributed by atoms with Crippen molar-refractivity contribution in [1.82, 2.24) is 0 Å². The number of hydrogen-bond donors (Lipinski definition) is 0. The molecule has 0 saturated carbocycles. The molecule has 0 heterocycles. The highest BCUT2D eigenvalue weighted by Crippen LogP contribution is 2.17. The van der Waals surface area contributed by atoms with Gasteiger partial charge in [-0.2, -0.15) is 8.78 Å². The molecule has 0 aliphatic rings. The number of carbonyl (C=O) groups excluding carboxylic acids is 1. The monoisotopic (exact) mass is 123 g/mol. The van der Waals surface area contributed by atoms with E-state index in [2.05, 4.69) is 4.74 Å². The van der Waals surface area contributed by atoms with E-state index in [1.807, 2.05) is 0 Å². The number of rotatable bonds is 3. The van der Waals surface area contributed by atoms with Crippen LogP contribution in [0, 0.1) is 0 Å². The van der Waals surface area contributed by atoms with Crippen LogP contribution in [-0.2, 0) is 9.53 Å². The summed E-state index contributed by atoms with van der Waals surface area (Å²) in [6.45, 7) is 1.86. The van der Waals surface area contributed by atoms with Crippen LogP contribution < -0.4 is 0 Å². The van der Waals surface area contributed by atoms with E-state index in [0.29, 0.717) is 6.47 Å². The summed E-state index contributed by atoms with van der Waals surface area (Å²) in [5.41, 5.74) is 0. The van der Waals surface area contributed by atoms with Crippen LogP contribution in [0.15, 0.2) is 0 Å². The summed E-state index contributed by atoms with van der Waals surface area (Å²) in [6.07, 6.45) is -3.84. The fourth-order valence-electron chi connectivity index (χ4n) is 0.133. The molecule has 0 saturated heterocycles. The minimum absolute atomic E-state index is 0.512. The smallest absolute Gasteiger partial charge is 0.392 e. The maximum absolute atomic E-state index is 11.7. The van der Waals surface area contributed by atoms with Crippen molar-refractivity contribution >= 4 is 6.47 Å². The number of halogens is 2. The second-order valence-corrected chi connectivity index (χ2v) is 1.18. The Balaban J connectivity index is 3.53. The van der Waals surface area contributed by atoms with Crippen molar-refractivity contribution in [3.63, 3.8) is 0 Å². The van der Waals surface area contributed by atoms with Crippen molar-refractivity contribution in [3.05, 3.63) is 0 Å². The summed E-state index contributed by atoms with van der Waals surface area (Å²) in [7, 11) is 0. The van der Waals surface area contributed by atoms with Crippen molar-refractivity contribution < 1.29 is 18.3 Å². The van der Waals surface area contributed by atoms with Crippen molar-refractivity contribution in [1.29, 1.82) is 0 Å². The first kappa shape index (κ1) is 7.33. The number of ether oxygens (including phenoxy) is 1. The van der Waals surface area contributed by atoms with E-state index in [1.165, 1.54) is 6.92 Å². The fourth-order valence-corrected chi connectivity index (χ4v) is 0.133. The molecule has 1 radical (unpaired) electrons. The van der Waals surface area contributed by atoms with Crippen LogP contribution in [0.25, 0.3) is 0 Å². The topological polar surface area (TPSA) is 26.3 Å². The Bertz CT molecular complexity index is 82.1. The van der Waals surface area contributed by atoms with Gasteiger partial charge >= 0.3 is 12.6 Å². The van der Waals surface area contributed by atoms with Crippen molar-refractivity contribution in [2.24, 2.45) is 0 Å². The molecule has 8 heavy (non-hydrogen) atoms. The van der Waals surface area contributed by atoms with E-state index in [0.717, 1.165) is 0 Å². The van der Waals surface area contributed by atoms with Crippen LogP contribution in [0.4, 0.5) is 8.78 Å². The van der Waals surface area contributed by atoms with Gasteiger partial charge in [0.05, 0.1) is 0 Å². The first-order chi connectivity index (χ1) is 3.62. The molecule has 2 nitrogen and oxygen atoms in total. The first-order valence-corrected chi connectivity index (χ1v) is 2.05. The van der Waals surface area contributed by atoms with Crippen LogP contribution in [0.1, 0.15) is 13.3 Å². The lowest BCUT2D eigenvalue weighted by Crippen LogP contribution is -2.17. The standard InChI is InChI=1S/C4H5F2O2/c1-2-4(5,6)8-3-7/h2H2,1H3. The Morgan fingerprint density at radius 3 is 2.38 bits per heavy atom. The molecule has 0 N–H and O–H groups in total. The third-order valence-corrected chi connectivity index (χ3v) is 0.603. The lowest BCUT2D eigenvalue weighted by atomic mass is 10.5. The van der Waals surface area contributed by atoms with Crippen molar-refractivity contribution in [2.45, 2.75) is 19.5 Å². The molecule has 0 aliphatic heterocycles. The van der Waals surface area contributed by atoms with E-state index in [-0.39, 0.29) is 0 Å². The summed E-state index contributed by atoms with van der Waals surface area (Å²) in [4.78, 5) is 9.15. The molecular weight excluding hydrogens is 118 g/mol. The third kappa shape index (κ3) is 2.49. The highest BCUT2D eigenvalue weighted by atomic mass is 19.3. The average Bonchev–Trinajstić information content (AvgIpc) is 1.67. The maximum atomic E-state index is 11.7. The Labute approximate surface area is 45.4 Å². The van der Waals surface area contributed by atoms with Gasteiger partial charge in [0.1, 0.15) is 0 Å². The molecular formula is C4H5F2O2. The van der Waals surface area contributed by atoms with Gasteiger partial charge in [0.15, 0.2) is 0 Å². The third-order valence-electron chi connectivity index (χ3n) is 0.603. The molecule has 0 amide bonds. The van der Waals surface area contributed by atoms with Gasteiger partial charge in [-0.3, -0.25) is 0 Å². The SMILES string of the molecule is CCC(F)(F)O[C]=O. The minimum Gasteiger partial charge on any atom is -0.392 e. The van der Waals surface area contributed by atoms with E-state index < -0.39 is 12.5 Å². The second-order valence-electron chi connectivity index (χ2n) is 1.18. The van der Waals surface area contributed by atoms with Gasteiger partial charge in [0, 0.05) is 6.42 Å². The van der Waals surface area contributed by atoms with Crippen molar-refractivity contribution in [2.75, 3.05) is 0 Å². The highest BCUT2D eigenvalue weighted by Gasteiger charge is 2.27. The van der Waals surface area contributed by atoms with E-state index >= 15 is 0 Å². The van der Waals surface area contributed by atoms with Gasteiger partial charge in [-0.25, -0.2) is 4.79 Å². The molecule has 0 fully saturated rings. The second kappa shape index (κ2) is 2.59. The Morgan fingerprint density at radius 2 is 2.25 bits per heavy atom. The Morgan fingerprint density at radius 1 is 1.75 bits per heavy atom. The van der Waals surface area contributed by atoms with Crippen LogP contribution in [0.2, 0.25) is 0 Å². The average molecular weight is 123 g/mol. The summed E-state index contributed by atoms with van der Waals surface area (Å²) in [6, 6.07) is 0. The molecule has 0 aromatic heterocycles. The summed E-state index contributed by atoms with van der Waals surface area (Å²) >= 11 is 0. The first-order valence-electron chi connectivity index (χ1n) is 2.05. The zero-order valence-electron chi connectivity index (χ0n) is 4.28. The Kier molecular flexibility index (Phi) is 2.37. The lowest BCUT2D eigenvalue weighted by Gasteiger charge is -2.07. The van der Waals surface area contributed by atoms with Gasteiger partial charge in [-0.1, -0.05) is 6.92 Å². The maximum Gasteiger partial charge on any atom is 0.422 e. The molecule has 0 atom stereocenters. The van der Waals surface area contributed by atoms with Crippen LogP contribution in [0.3, 0.4) is 0 Å². The van der Waals surface area contributed by atoms with Gasteiger partial charge in [0.25, 0.3) is 0 Å². The van der Waals surface area contributed by atoms with Crippen LogP contribution in [-0.4, -0.2) is 12.6 Å². The van der Waals surface area contributed by atoms with E-state index in [4.69, 9.17) is 4.79 Å². The molecule has 0 spiro atoms. The molecule has 0 aliphatic carbocycles. The summed E-state index contributed by atoms with van der Waals surface area (Å²) in [5.74, 6) is 0. The van der Waals surface area contributed by atoms with Gasteiger partial charge in [-0.15, -0.1) is 0 Å². The Hall–Kier alpha value is -0.670. The number of hydrogen-bond acceptors (Lipinski definition) is 2. The summed E-state index contributed by atoms with van der Waals surface area (Å²) < 4.78 is 26.6. The highest BCUT2D eigenvalue weighted by molar-refractivity contribution is 5.38. The van der Waals surface area contributed by atoms with Gasteiger partial charge < -0.3 is 4.74 Å². The molecule has 0 rings (SSSR count). The van der Waals surface area contributed by atoms with Gasteiger partial charge in [-0.05, 0) is 0 Å². The molecule has 47 valence electrons. The van der Waals surface area contributed by atoms with Gasteiger partial charge in [0.2, 0.25) is 0 Å². The fraction of sp³-hybridized carbons (Fsp3) is 0.750. The predicted octanol–water partition coefficient (Wildman–Crippen LogP) is 1.07. The molecule has 0 aromatic rings. The van der Waals surface area contributed by atoms with Crippen LogP contribution in [0.5, 0.6) is 0 Å². The van der Waals surface area contributed by atoms with E-state index in [9.17, 15) is 8.78 Å². The summed E-state index contributed by atoms with van der Waals surface area (Å²) in [5, 5.41) is 0. The lowest BCUT2D eigenvalue weighted by molar-refractivity contribution is -0.187. The van der Waals surface area contributed by atoms with Crippen molar-refractivity contribution in [3.8, 4) is 0 Å². The molecule has 0 unspecified atom stereocenters. The largest absolute Gasteiger partial charge is 0.422 e. The van der Waals surface area contributed by atoms with E-state index in [1.54, 1.807) is 0 Å². The normalized spacial score (nSPS) is 10.9. The molecule has 4 heteroatoms. The quantitative estimate of drug-likeness (QED) is 0.561. The minimum atomic E-state index is -3.33.